The van der Waals surface area contributed by atoms with Crippen LogP contribution in [-0.4, -0.2) is 85.6 Å². The lowest BCUT2D eigenvalue weighted by molar-refractivity contribution is -0.132. The number of hydrogen-bond donors (Lipinski definition) is 1. The largest absolute Gasteiger partial charge is 0.340 e. The number of likely N-dealkylation sites (N-methyl/N-ethyl adjacent to an activating group) is 1. The van der Waals surface area contributed by atoms with E-state index < -0.39 is 0 Å². The quantitative estimate of drug-likeness (QED) is 0.796. The Bertz CT molecular complexity index is 404. The zero-order valence-electron chi connectivity index (χ0n) is 15.7. The minimum Gasteiger partial charge on any atom is -0.340 e. The molecule has 2 atom stereocenters. The molecule has 0 radical (unpaired) electrons. The number of carbonyl (C=O) groups is 1. The molecular weight excluding hydrogens is 300 g/mol. The molecule has 0 bridgehead atoms. The number of amides is 1. The van der Waals surface area contributed by atoms with Gasteiger partial charge in [0, 0.05) is 57.8 Å². The Hall–Kier alpha value is -0.650. The summed E-state index contributed by atoms with van der Waals surface area (Å²) >= 11 is 0. The average Bonchev–Trinajstić information content (AvgIpc) is 2.54. The minimum atomic E-state index is 0.322. The molecule has 24 heavy (non-hydrogen) atoms. The first-order valence-corrected chi connectivity index (χ1v) is 10.1. The predicted molar refractivity (Wildman–Crippen MR) is 98.1 cm³/mol. The standard InChI is InChI=1S/C19H36N4O/c1-16(17-5-4-10-23(15-17)18-6-3-7-18)20-9-8-19(24)22-13-11-21(2)12-14-22/h16-18,20H,3-15H2,1-2H3/t16-,17-/m0/s1. The molecule has 5 nitrogen and oxygen atoms in total. The number of rotatable bonds is 6. The van der Waals surface area contributed by atoms with Crippen molar-refractivity contribution in [2.24, 2.45) is 5.92 Å². The third-order valence-electron chi connectivity index (χ3n) is 6.45. The summed E-state index contributed by atoms with van der Waals surface area (Å²) in [5.74, 6) is 1.07. The Morgan fingerprint density at radius 2 is 1.83 bits per heavy atom. The predicted octanol–water partition coefficient (Wildman–Crippen LogP) is 1.39. The Morgan fingerprint density at radius 3 is 2.50 bits per heavy atom. The van der Waals surface area contributed by atoms with Gasteiger partial charge < -0.3 is 20.0 Å². The van der Waals surface area contributed by atoms with Crippen molar-refractivity contribution in [1.29, 1.82) is 0 Å². The molecule has 0 unspecified atom stereocenters. The first-order chi connectivity index (χ1) is 11.6. The summed E-state index contributed by atoms with van der Waals surface area (Å²) in [6, 6.07) is 1.40. The minimum absolute atomic E-state index is 0.322. The second-order valence-corrected chi connectivity index (χ2v) is 8.16. The van der Waals surface area contributed by atoms with Gasteiger partial charge in [-0.1, -0.05) is 6.42 Å². The zero-order chi connectivity index (χ0) is 16.9. The van der Waals surface area contributed by atoms with Crippen molar-refractivity contribution in [3.8, 4) is 0 Å². The van der Waals surface area contributed by atoms with Crippen LogP contribution in [0, 0.1) is 5.92 Å². The Balaban J connectivity index is 1.34. The van der Waals surface area contributed by atoms with Crippen LogP contribution < -0.4 is 5.32 Å². The molecule has 0 aromatic heterocycles. The highest BCUT2D eigenvalue weighted by Crippen LogP contribution is 2.30. The number of hydrogen-bond acceptors (Lipinski definition) is 4. The molecule has 138 valence electrons. The Kier molecular flexibility index (Phi) is 6.53. The molecule has 1 N–H and O–H groups in total. The van der Waals surface area contributed by atoms with Crippen LogP contribution in [0.15, 0.2) is 0 Å². The Labute approximate surface area is 147 Å². The summed E-state index contributed by atoms with van der Waals surface area (Å²) in [6.07, 6.45) is 7.57. The molecule has 1 saturated carbocycles. The summed E-state index contributed by atoms with van der Waals surface area (Å²) in [5, 5.41) is 3.64. The van der Waals surface area contributed by atoms with Gasteiger partial charge in [0.15, 0.2) is 0 Å². The fraction of sp³-hybridized carbons (Fsp3) is 0.947. The van der Waals surface area contributed by atoms with E-state index in [-0.39, 0.29) is 0 Å². The second kappa shape index (κ2) is 8.63. The lowest BCUT2D eigenvalue weighted by atomic mass is 9.85. The molecule has 0 spiro atoms. The number of nitrogens with one attached hydrogen (secondary N) is 1. The van der Waals surface area contributed by atoms with E-state index in [0.717, 1.165) is 44.7 Å². The lowest BCUT2D eigenvalue weighted by Gasteiger charge is -2.44. The SMILES string of the molecule is C[C@H](NCCC(=O)N1CCN(C)CC1)[C@H]1CCCN(C2CCC2)C1. The van der Waals surface area contributed by atoms with Crippen molar-refractivity contribution in [1.82, 2.24) is 20.0 Å². The van der Waals surface area contributed by atoms with E-state index in [1.807, 2.05) is 4.90 Å². The van der Waals surface area contributed by atoms with Gasteiger partial charge in [-0.05, 0) is 52.1 Å². The van der Waals surface area contributed by atoms with E-state index in [1.54, 1.807) is 0 Å². The molecule has 2 heterocycles. The Morgan fingerprint density at radius 1 is 1.08 bits per heavy atom. The van der Waals surface area contributed by atoms with Gasteiger partial charge in [0.25, 0.3) is 0 Å². The van der Waals surface area contributed by atoms with Gasteiger partial charge in [-0.25, -0.2) is 0 Å². The fourth-order valence-corrected chi connectivity index (χ4v) is 4.32. The molecule has 5 heteroatoms. The van der Waals surface area contributed by atoms with Gasteiger partial charge in [0.05, 0.1) is 0 Å². The molecule has 1 amide bonds. The first kappa shape index (κ1) is 18.2. The highest BCUT2D eigenvalue weighted by Gasteiger charge is 2.31. The van der Waals surface area contributed by atoms with Gasteiger partial charge in [-0.15, -0.1) is 0 Å². The van der Waals surface area contributed by atoms with E-state index >= 15 is 0 Å². The molecular formula is C19H36N4O. The van der Waals surface area contributed by atoms with Crippen molar-refractivity contribution in [2.45, 2.75) is 57.5 Å². The van der Waals surface area contributed by atoms with Crippen molar-refractivity contribution < 1.29 is 4.79 Å². The van der Waals surface area contributed by atoms with Crippen LogP contribution in [0.5, 0.6) is 0 Å². The normalized spacial score (nSPS) is 28.6. The van der Waals surface area contributed by atoms with Crippen molar-refractivity contribution in [3.63, 3.8) is 0 Å². The maximum Gasteiger partial charge on any atom is 0.223 e. The summed E-state index contributed by atoms with van der Waals surface area (Å²) in [5.41, 5.74) is 0. The maximum atomic E-state index is 12.3. The summed E-state index contributed by atoms with van der Waals surface area (Å²) < 4.78 is 0. The van der Waals surface area contributed by atoms with Crippen LogP contribution >= 0.6 is 0 Å². The van der Waals surface area contributed by atoms with Crippen molar-refractivity contribution in [3.05, 3.63) is 0 Å². The summed E-state index contributed by atoms with van der Waals surface area (Å²) in [6.45, 7) is 9.50. The molecule has 0 aromatic carbocycles. The topological polar surface area (TPSA) is 38.8 Å². The van der Waals surface area contributed by atoms with E-state index in [1.165, 1.54) is 45.2 Å². The number of likely N-dealkylation sites (tertiary alicyclic amines) is 1. The second-order valence-electron chi connectivity index (χ2n) is 8.16. The van der Waals surface area contributed by atoms with Crippen molar-refractivity contribution in [2.75, 3.05) is 52.9 Å². The molecule has 2 aliphatic heterocycles. The maximum absolute atomic E-state index is 12.3. The van der Waals surface area contributed by atoms with Gasteiger partial charge in [0.1, 0.15) is 0 Å². The lowest BCUT2D eigenvalue weighted by Crippen LogP contribution is -2.50. The average molecular weight is 337 g/mol. The van der Waals surface area contributed by atoms with Gasteiger partial charge in [-0.3, -0.25) is 4.79 Å². The molecule has 3 fully saturated rings. The number of carbonyl (C=O) groups excluding carboxylic acids is 1. The van der Waals surface area contributed by atoms with Crippen LogP contribution in [0.4, 0.5) is 0 Å². The van der Waals surface area contributed by atoms with Gasteiger partial charge >= 0.3 is 0 Å². The first-order valence-electron chi connectivity index (χ1n) is 10.1. The van der Waals surface area contributed by atoms with Crippen LogP contribution in [0.3, 0.4) is 0 Å². The van der Waals surface area contributed by atoms with E-state index in [9.17, 15) is 4.79 Å². The molecule has 2 saturated heterocycles. The highest BCUT2D eigenvalue weighted by molar-refractivity contribution is 5.76. The molecule has 1 aliphatic carbocycles. The van der Waals surface area contributed by atoms with Gasteiger partial charge in [-0.2, -0.15) is 0 Å². The molecule has 0 aromatic rings. The number of piperazine rings is 1. The summed E-state index contributed by atoms with van der Waals surface area (Å²) in [7, 11) is 2.13. The van der Waals surface area contributed by atoms with Crippen LogP contribution in [0.25, 0.3) is 0 Å². The third-order valence-corrected chi connectivity index (χ3v) is 6.45. The fourth-order valence-electron chi connectivity index (χ4n) is 4.32. The highest BCUT2D eigenvalue weighted by atomic mass is 16.2. The number of nitrogens with zero attached hydrogens (tertiary/aromatic N) is 3. The zero-order valence-corrected chi connectivity index (χ0v) is 15.7. The van der Waals surface area contributed by atoms with Crippen LogP contribution in [-0.2, 0) is 4.79 Å². The van der Waals surface area contributed by atoms with E-state index in [2.05, 4.69) is 29.1 Å². The van der Waals surface area contributed by atoms with E-state index in [4.69, 9.17) is 0 Å². The van der Waals surface area contributed by atoms with Crippen molar-refractivity contribution >= 4 is 5.91 Å². The smallest absolute Gasteiger partial charge is 0.223 e. The van der Waals surface area contributed by atoms with Gasteiger partial charge in [0.2, 0.25) is 5.91 Å². The summed E-state index contributed by atoms with van der Waals surface area (Å²) in [4.78, 5) is 19.4. The van der Waals surface area contributed by atoms with Crippen LogP contribution in [0.1, 0.15) is 45.4 Å². The van der Waals surface area contributed by atoms with Crippen LogP contribution in [0.2, 0.25) is 0 Å². The monoisotopic (exact) mass is 336 g/mol. The molecule has 3 aliphatic rings. The van der Waals surface area contributed by atoms with E-state index in [0.29, 0.717) is 18.4 Å². The number of piperidine rings is 1. The molecule has 3 rings (SSSR count). The third kappa shape index (κ3) is 4.70.